The molecule has 2 aliphatic rings. The highest BCUT2D eigenvalue weighted by atomic mass is 32.1. The Kier molecular flexibility index (Phi) is 9.37. The van der Waals surface area contributed by atoms with Gasteiger partial charge < -0.3 is 19.9 Å². The second-order valence-electron chi connectivity index (χ2n) is 14.1. The lowest BCUT2D eigenvalue weighted by Gasteiger charge is -2.38. The number of aromatic nitrogens is 4. The first kappa shape index (κ1) is 31.8. The summed E-state index contributed by atoms with van der Waals surface area (Å²) in [4.78, 5) is 40.7. The van der Waals surface area contributed by atoms with Gasteiger partial charge in [0.2, 0.25) is 0 Å². The molecule has 4 aromatic rings. The zero-order valence-electron chi connectivity index (χ0n) is 27.1. The van der Waals surface area contributed by atoms with Crippen LogP contribution in [0.15, 0.2) is 36.8 Å². The third kappa shape index (κ3) is 7.45. The third-order valence-corrected chi connectivity index (χ3v) is 12.0. The summed E-state index contributed by atoms with van der Waals surface area (Å²) in [6.07, 6.45) is 9.13. The molecule has 5 heterocycles. The number of pyridine rings is 1. The van der Waals surface area contributed by atoms with Crippen LogP contribution in [-0.2, 0) is 21.1 Å². The van der Waals surface area contributed by atoms with Crippen molar-refractivity contribution in [2.75, 3.05) is 38.6 Å². The van der Waals surface area contributed by atoms with E-state index in [0.717, 1.165) is 61.3 Å². The lowest BCUT2D eigenvalue weighted by molar-refractivity contribution is -0.146. The predicted molar refractivity (Wildman–Crippen MR) is 182 cm³/mol. The molecule has 2 saturated heterocycles. The van der Waals surface area contributed by atoms with Crippen LogP contribution in [0.4, 0.5) is 5.69 Å². The number of fused-ring (bicyclic) bond motifs is 2. The number of ether oxygens (including phenoxy) is 1. The summed E-state index contributed by atoms with van der Waals surface area (Å²) >= 11 is 1.79. The van der Waals surface area contributed by atoms with E-state index in [-0.39, 0.29) is 6.04 Å². The van der Waals surface area contributed by atoms with E-state index in [0.29, 0.717) is 42.9 Å². The number of piperidine rings is 2. The maximum absolute atomic E-state index is 13.8. The number of carbonyl (C=O) groups excluding carboxylic acids is 2. The molecule has 12 heteroatoms. The molecule has 0 aliphatic carbocycles. The monoisotopic (exact) mass is 647 g/mol. The topological polar surface area (TPSA) is 105 Å². The van der Waals surface area contributed by atoms with Gasteiger partial charge in [0.15, 0.2) is 0 Å². The van der Waals surface area contributed by atoms with Crippen LogP contribution in [0.3, 0.4) is 0 Å². The normalized spacial score (nSPS) is 20.2. The van der Waals surface area contributed by atoms with Crippen LogP contribution in [0.1, 0.15) is 55.1 Å². The molecule has 1 unspecified atom stereocenters. The first-order valence-corrected chi connectivity index (χ1v) is 20.7. The van der Waals surface area contributed by atoms with E-state index < -0.39 is 19.9 Å². The van der Waals surface area contributed by atoms with Gasteiger partial charge in [-0.25, -0.2) is 9.67 Å². The molecular weight excluding hydrogens is 603 g/mol. The first-order valence-electron chi connectivity index (χ1n) is 16.1. The van der Waals surface area contributed by atoms with Crippen molar-refractivity contribution in [3.63, 3.8) is 0 Å². The predicted octanol–water partition coefficient (Wildman–Crippen LogP) is 6.10. The fraction of sp³-hybridized carbons (Fsp3) is 0.545. The number of thiazole rings is 1. The molecule has 10 nitrogen and oxygen atoms in total. The summed E-state index contributed by atoms with van der Waals surface area (Å²) in [6, 6.07) is 7.28. The van der Waals surface area contributed by atoms with Crippen molar-refractivity contribution in [2.45, 2.75) is 77.0 Å². The molecule has 2 atom stereocenters. The lowest BCUT2D eigenvalue weighted by Crippen LogP contribution is -2.46. The maximum Gasteiger partial charge on any atom is 0.313 e. The van der Waals surface area contributed by atoms with Crippen LogP contribution in [0.5, 0.6) is 0 Å². The highest BCUT2D eigenvalue weighted by molar-refractivity contribution is 7.18. The van der Waals surface area contributed by atoms with E-state index in [9.17, 15) is 9.59 Å². The summed E-state index contributed by atoms with van der Waals surface area (Å²) in [5.41, 5.74) is 3.12. The molecule has 1 N–H and O–H groups in total. The molecule has 0 radical (unpaired) electrons. The van der Waals surface area contributed by atoms with Crippen LogP contribution in [0.2, 0.25) is 25.7 Å². The number of carbonyl (C=O) groups is 2. The second kappa shape index (κ2) is 13.3. The quantitative estimate of drug-likeness (QED) is 0.140. The molecule has 45 heavy (non-hydrogen) atoms. The van der Waals surface area contributed by atoms with Crippen molar-refractivity contribution >= 4 is 58.0 Å². The van der Waals surface area contributed by atoms with Crippen LogP contribution < -0.4 is 5.32 Å². The molecule has 3 aromatic heterocycles. The number of likely N-dealkylation sites (tertiary alicyclic amines) is 2. The van der Waals surface area contributed by atoms with Crippen molar-refractivity contribution in [3.8, 4) is 0 Å². The summed E-state index contributed by atoms with van der Waals surface area (Å²) in [5.74, 6) is -0.382. The van der Waals surface area contributed by atoms with Crippen LogP contribution in [0.25, 0.3) is 21.1 Å². The average Bonchev–Trinajstić information content (AvgIpc) is 3.63. The molecule has 0 spiro atoms. The Morgan fingerprint density at radius 1 is 1.09 bits per heavy atom. The van der Waals surface area contributed by atoms with Crippen LogP contribution >= 0.6 is 11.3 Å². The Labute approximate surface area is 270 Å². The minimum Gasteiger partial charge on any atom is -0.360 e. The van der Waals surface area contributed by atoms with Gasteiger partial charge in [-0.2, -0.15) is 5.10 Å². The standard InChI is InChI=1S/C33H45N7O3SSi/c1-22-6-8-29(24-7-9-30-26(16-24)36-32(44-30)23-10-12-38(2)13-11-23)40(19-22)33(42)31(41)35-27-17-34-18-28-25(27)20-39(37-28)21-43-14-15-45(3,4)5/h7,9,16-18,20,22-23,29H,6,8,10-15,19,21H2,1-5H3,(H,35,41)/t22-,29?/m0/s1. The molecule has 0 bridgehead atoms. The van der Waals surface area contributed by atoms with E-state index in [4.69, 9.17) is 9.72 Å². The summed E-state index contributed by atoms with van der Waals surface area (Å²) in [6.45, 7) is 12.8. The fourth-order valence-electron chi connectivity index (χ4n) is 6.32. The average molecular weight is 648 g/mol. The van der Waals surface area contributed by atoms with Gasteiger partial charge in [0, 0.05) is 38.7 Å². The van der Waals surface area contributed by atoms with Crippen LogP contribution in [-0.4, -0.2) is 82.7 Å². The zero-order valence-corrected chi connectivity index (χ0v) is 28.9. The Morgan fingerprint density at radius 2 is 1.89 bits per heavy atom. The van der Waals surface area contributed by atoms with Crippen molar-refractivity contribution in [1.82, 2.24) is 29.5 Å². The molecule has 2 aliphatic heterocycles. The number of rotatable bonds is 8. The van der Waals surface area contributed by atoms with Gasteiger partial charge in [0.05, 0.1) is 39.3 Å². The largest absolute Gasteiger partial charge is 0.360 e. The van der Waals surface area contributed by atoms with E-state index >= 15 is 0 Å². The van der Waals surface area contributed by atoms with Crippen molar-refractivity contribution in [3.05, 3.63) is 47.4 Å². The van der Waals surface area contributed by atoms with Crippen LogP contribution in [0, 0.1) is 5.92 Å². The number of amides is 2. The molecular formula is C33H45N7O3SSi. The van der Waals surface area contributed by atoms with Gasteiger partial charge in [-0.3, -0.25) is 14.6 Å². The zero-order chi connectivity index (χ0) is 31.7. The van der Waals surface area contributed by atoms with E-state index in [1.165, 1.54) is 9.71 Å². The Balaban J connectivity index is 1.16. The fourth-order valence-corrected chi connectivity index (χ4v) is 8.20. The number of nitrogens with zero attached hydrogens (tertiary/aromatic N) is 6. The summed E-state index contributed by atoms with van der Waals surface area (Å²) in [5, 5.41) is 9.34. The Hall–Kier alpha value is -3.19. The first-order chi connectivity index (χ1) is 21.5. The summed E-state index contributed by atoms with van der Waals surface area (Å²) < 4.78 is 8.74. The molecule has 6 rings (SSSR count). The van der Waals surface area contributed by atoms with Crippen molar-refractivity contribution < 1.29 is 14.3 Å². The smallest absolute Gasteiger partial charge is 0.313 e. The SMILES string of the molecule is C[C@H]1CCC(c2ccc3sc(C4CCN(C)CC4)nc3c2)N(C(=O)C(=O)Nc2cncc3nn(COCC[Si](C)(C)C)cc23)C1. The van der Waals surface area contributed by atoms with Gasteiger partial charge in [-0.15, -0.1) is 11.3 Å². The molecule has 1 aromatic carbocycles. The summed E-state index contributed by atoms with van der Waals surface area (Å²) in [7, 11) is 0.995. The van der Waals surface area contributed by atoms with Gasteiger partial charge in [-0.05, 0) is 75.5 Å². The molecule has 0 saturated carbocycles. The van der Waals surface area contributed by atoms with E-state index in [2.05, 4.69) is 72.1 Å². The Morgan fingerprint density at radius 3 is 2.67 bits per heavy atom. The third-order valence-electron chi connectivity index (χ3n) is 9.10. The van der Waals surface area contributed by atoms with Gasteiger partial charge in [0.1, 0.15) is 12.2 Å². The minimum atomic E-state index is -1.18. The lowest BCUT2D eigenvalue weighted by atomic mass is 9.89. The molecule has 2 fully saturated rings. The second-order valence-corrected chi connectivity index (χ2v) is 20.8. The highest BCUT2D eigenvalue weighted by Crippen LogP contribution is 2.38. The molecule has 2 amide bonds. The number of hydrogen-bond acceptors (Lipinski definition) is 8. The van der Waals surface area contributed by atoms with Crippen molar-refractivity contribution in [2.24, 2.45) is 5.92 Å². The van der Waals surface area contributed by atoms with Gasteiger partial charge >= 0.3 is 11.8 Å². The van der Waals surface area contributed by atoms with Gasteiger partial charge in [-0.1, -0.05) is 32.6 Å². The highest BCUT2D eigenvalue weighted by Gasteiger charge is 2.35. The molecule has 240 valence electrons. The Bertz CT molecular complexity index is 1670. The van der Waals surface area contributed by atoms with E-state index in [1.807, 2.05) is 6.20 Å². The number of nitrogens with one attached hydrogen (secondary N) is 1. The van der Waals surface area contributed by atoms with Crippen molar-refractivity contribution in [1.29, 1.82) is 0 Å². The number of benzene rings is 1. The van der Waals surface area contributed by atoms with E-state index in [1.54, 1.807) is 33.3 Å². The minimum absolute atomic E-state index is 0.178. The number of anilines is 1. The maximum atomic E-state index is 13.8. The number of hydrogen-bond donors (Lipinski definition) is 1. The van der Waals surface area contributed by atoms with Gasteiger partial charge in [0.25, 0.3) is 0 Å².